The van der Waals surface area contributed by atoms with Gasteiger partial charge in [-0.05, 0) is 63.0 Å². The molecular weight excluding hydrogens is 362 g/mol. The minimum absolute atomic E-state index is 0.255. The lowest BCUT2D eigenvalue weighted by molar-refractivity contribution is 0.102. The number of halogens is 2. The molecule has 0 saturated heterocycles. The van der Waals surface area contributed by atoms with Crippen molar-refractivity contribution < 1.29 is 4.79 Å². The van der Waals surface area contributed by atoms with Crippen molar-refractivity contribution in [1.29, 1.82) is 0 Å². The Bertz CT molecular complexity index is 584. The van der Waals surface area contributed by atoms with E-state index in [-0.39, 0.29) is 5.91 Å². The fourth-order valence-corrected chi connectivity index (χ4v) is 1.99. The Kier molecular flexibility index (Phi) is 4.08. The highest BCUT2D eigenvalue weighted by molar-refractivity contribution is 9.10. The van der Waals surface area contributed by atoms with Crippen LogP contribution in [-0.2, 0) is 0 Å². The monoisotopic (exact) mass is 369 g/mol. The fourth-order valence-electron chi connectivity index (χ4n) is 1.36. The molecule has 0 fully saturated rings. The Balaban J connectivity index is 2.18. The molecule has 1 amide bonds. The Morgan fingerprint density at radius 3 is 2.61 bits per heavy atom. The van der Waals surface area contributed by atoms with Gasteiger partial charge in [-0.25, -0.2) is 9.97 Å². The summed E-state index contributed by atoms with van der Waals surface area (Å²) in [5.41, 5.74) is 1.78. The van der Waals surface area contributed by atoms with Gasteiger partial charge in [-0.2, -0.15) is 0 Å². The van der Waals surface area contributed by atoms with Crippen LogP contribution < -0.4 is 5.32 Å². The molecule has 2 heterocycles. The third-order valence-corrected chi connectivity index (χ3v) is 3.17. The van der Waals surface area contributed by atoms with Crippen molar-refractivity contribution in [3.63, 3.8) is 0 Å². The van der Waals surface area contributed by atoms with E-state index < -0.39 is 0 Å². The minimum atomic E-state index is -0.255. The zero-order valence-electron chi connectivity index (χ0n) is 9.45. The number of aromatic nitrogens is 2. The molecule has 4 nitrogen and oxygen atoms in total. The van der Waals surface area contributed by atoms with Crippen LogP contribution in [0.1, 0.15) is 16.2 Å². The van der Waals surface area contributed by atoms with Gasteiger partial charge in [0.15, 0.2) is 0 Å². The van der Waals surface area contributed by atoms with Crippen LogP contribution in [0.2, 0.25) is 0 Å². The average molecular weight is 371 g/mol. The van der Waals surface area contributed by atoms with E-state index in [1.165, 1.54) is 0 Å². The second-order valence-corrected chi connectivity index (χ2v) is 5.31. The molecule has 0 aliphatic rings. The molecule has 0 spiro atoms. The molecule has 0 saturated carbocycles. The highest BCUT2D eigenvalue weighted by Crippen LogP contribution is 2.17. The molecule has 0 radical (unpaired) electrons. The first kappa shape index (κ1) is 13.2. The molecule has 0 aliphatic carbocycles. The maximum Gasteiger partial charge on any atom is 0.274 e. The number of carbonyl (C=O) groups is 1. The molecule has 92 valence electrons. The molecule has 0 bridgehead atoms. The molecule has 0 unspecified atom stereocenters. The highest BCUT2D eigenvalue weighted by atomic mass is 79.9. The second kappa shape index (κ2) is 5.58. The Morgan fingerprint density at radius 1 is 1.22 bits per heavy atom. The Hall–Kier alpha value is -1.27. The molecule has 1 N–H and O–H groups in total. The van der Waals surface area contributed by atoms with Gasteiger partial charge in [-0.15, -0.1) is 0 Å². The number of nitrogens with one attached hydrogen (secondary N) is 1. The summed E-state index contributed by atoms with van der Waals surface area (Å²) in [6.07, 6.45) is 1.58. The lowest BCUT2D eigenvalue weighted by atomic mass is 10.3. The first-order valence-corrected chi connectivity index (χ1v) is 6.71. The first-order chi connectivity index (χ1) is 8.56. The lowest BCUT2D eigenvalue weighted by Crippen LogP contribution is -2.14. The average Bonchev–Trinajstić information content (AvgIpc) is 2.33. The second-order valence-electron chi connectivity index (χ2n) is 3.58. The number of carbonyl (C=O) groups excluding carboxylic acids is 1. The normalized spacial score (nSPS) is 10.2. The van der Waals surface area contributed by atoms with Gasteiger partial charge in [0.1, 0.15) is 10.3 Å². The SMILES string of the molecule is Cc1nc(Br)ccc1NC(=O)c1ccc(Br)cn1. The predicted octanol–water partition coefficient (Wildman–Crippen LogP) is 3.56. The van der Waals surface area contributed by atoms with E-state index in [9.17, 15) is 4.79 Å². The summed E-state index contributed by atoms with van der Waals surface area (Å²) in [4.78, 5) is 20.2. The number of amides is 1. The highest BCUT2D eigenvalue weighted by Gasteiger charge is 2.09. The van der Waals surface area contributed by atoms with Crippen LogP contribution >= 0.6 is 31.9 Å². The number of nitrogens with zero attached hydrogens (tertiary/aromatic N) is 2. The third kappa shape index (κ3) is 3.14. The van der Waals surface area contributed by atoms with E-state index in [2.05, 4.69) is 47.1 Å². The van der Waals surface area contributed by atoms with Gasteiger partial charge in [-0.1, -0.05) is 0 Å². The summed E-state index contributed by atoms with van der Waals surface area (Å²) in [6.45, 7) is 1.83. The van der Waals surface area contributed by atoms with Crippen molar-refractivity contribution in [3.8, 4) is 0 Å². The molecule has 2 rings (SSSR count). The Morgan fingerprint density at radius 2 is 2.00 bits per heavy atom. The van der Waals surface area contributed by atoms with Gasteiger partial charge in [-0.3, -0.25) is 4.79 Å². The smallest absolute Gasteiger partial charge is 0.274 e. The van der Waals surface area contributed by atoms with Crippen molar-refractivity contribution in [2.45, 2.75) is 6.92 Å². The number of anilines is 1. The van der Waals surface area contributed by atoms with E-state index in [0.29, 0.717) is 11.4 Å². The van der Waals surface area contributed by atoms with Crippen LogP contribution in [0, 0.1) is 6.92 Å². The van der Waals surface area contributed by atoms with Crippen LogP contribution in [0.5, 0.6) is 0 Å². The topological polar surface area (TPSA) is 54.9 Å². The van der Waals surface area contributed by atoms with Crippen LogP contribution in [0.4, 0.5) is 5.69 Å². The van der Waals surface area contributed by atoms with E-state index in [4.69, 9.17) is 0 Å². The van der Waals surface area contributed by atoms with Crippen LogP contribution in [-0.4, -0.2) is 15.9 Å². The standard InChI is InChI=1S/C12H9Br2N3O/c1-7-9(4-5-11(14)16-7)17-12(18)10-3-2-8(13)6-15-10/h2-6H,1H3,(H,17,18). The van der Waals surface area contributed by atoms with Crippen molar-refractivity contribution in [2.24, 2.45) is 0 Å². The summed E-state index contributed by atoms with van der Waals surface area (Å²) < 4.78 is 1.57. The van der Waals surface area contributed by atoms with Gasteiger partial charge in [0.25, 0.3) is 5.91 Å². The van der Waals surface area contributed by atoms with E-state index in [1.54, 1.807) is 30.5 Å². The number of rotatable bonds is 2. The number of pyridine rings is 2. The van der Waals surface area contributed by atoms with Gasteiger partial charge >= 0.3 is 0 Å². The lowest BCUT2D eigenvalue weighted by Gasteiger charge is -2.07. The van der Waals surface area contributed by atoms with Gasteiger partial charge in [0.2, 0.25) is 0 Å². The van der Waals surface area contributed by atoms with Crippen LogP contribution in [0.3, 0.4) is 0 Å². The molecule has 0 aliphatic heterocycles. The van der Waals surface area contributed by atoms with Crippen molar-refractivity contribution in [2.75, 3.05) is 5.32 Å². The molecule has 0 atom stereocenters. The van der Waals surface area contributed by atoms with E-state index >= 15 is 0 Å². The third-order valence-electron chi connectivity index (χ3n) is 2.26. The fraction of sp³-hybridized carbons (Fsp3) is 0.0833. The van der Waals surface area contributed by atoms with Gasteiger partial charge in [0, 0.05) is 10.7 Å². The van der Waals surface area contributed by atoms with Crippen molar-refractivity contribution in [3.05, 3.63) is 50.9 Å². The summed E-state index contributed by atoms with van der Waals surface area (Å²) >= 11 is 6.55. The van der Waals surface area contributed by atoms with Crippen LogP contribution in [0.25, 0.3) is 0 Å². The molecular formula is C12H9Br2N3O. The minimum Gasteiger partial charge on any atom is -0.319 e. The van der Waals surface area contributed by atoms with Gasteiger partial charge in [0.05, 0.1) is 11.4 Å². The quantitative estimate of drug-likeness (QED) is 0.822. The summed E-state index contributed by atoms with van der Waals surface area (Å²) in [5.74, 6) is -0.255. The largest absolute Gasteiger partial charge is 0.319 e. The van der Waals surface area contributed by atoms with E-state index in [0.717, 1.165) is 14.8 Å². The summed E-state index contributed by atoms with van der Waals surface area (Å²) in [5, 5.41) is 2.77. The summed E-state index contributed by atoms with van der Waals surface area (Å²) in [7, 11) is 0. The zero-order valence-corrected chi connectivity index (χ0v) is 12.6. The maximum atomic E-state index is 11.9. The Labute approximate surface area is 121 Å². The molecule has 18 heavy (non-hydrogen) atoms. The zero-order chi connectivity index (χ0) is 13.1. The van der Waals surface area contributed by atoms with Crippen molar-refractivity contribution in [1.82, 2.24) is 9.97 Å². The molecule has 0 aromatic carbocycles. The molecule has 2 aromatic heterocycles. The van der Waals surface area contributed by atoms with Crippen molar-refractivity contribution >= 4 is 43.5 Å². The number of hydrogen-bond donors (Lipinski definition) is 1. The predicted molar refractivity (Wildman–Crippen MR) is 76.6 cm³/mol. The van der Waals surface area contributed by atoms with Gasteiger partial charge < -0.3 is 5.32 Å². The molecule has 6 heteroatoms. The number of hydrogen-bond acceptors (Lipinski definition) is 3. The molecule has 2 aromatic rings. The maximum absolute atomic E-state index is 11.9. The number of aryl methyl sites for hydroxylation is 1. The first-order valence-electron chi connectivity index (χ1n) is 5.12. The van der Waals surface area contributed by atoms with Crippen LogP contribution in [0.15, 0.2) is 39.5 Å². The van der Waals surface area contributed by atoms with E-state index in [1.807, 2.05) is 6.92 Å². The summed E-state index contributed by atoms with van der Waals surface area (Å²) in [6, 6.07) is 7.00.